The zero-order chi connectivity index (χ0) is 17.3. The number of aromatic nitrogens is 2. The molecule has 2 heterocycles. The van der Waals surface area contributed by atoms with Gasteiger partial charge in [-0.3, -0.25) is 0 Å². The molecule has 0 bridgehead atoms. The first-order valence-corrected chi connectivity index (χ1v) is 7.75. The SMILES string of the molecule is COC(=O)c1cnc2nc(C)ccc2c1Nc1ccc(C)cc1Cl.Cl. The summed E-state index contributed by atoms with van der Waals surface area (Å²) in [5.41, 5.74) is 4.04. The Balaban J connectivity index is 0.00000225. The minimum Gasteiger partial charge on any atom is -0.465 e. The summed E-state index contributed by atoms with van der Waals surface area (Å²) in [5, 5.41) is 4.52. The van der Waals surface area contributed by atoms with E-state index in [-0.39, 0.29) is 12.4 Å². The Labute approximate surface area is 156 Å². The molecule has 0 amide bonds. The summed E-state index contributed by atoms with van der Waals surface area (Å²) < 4.78 is 4.86. The Morgan fingerprint density at radius 3 is 2.64 bits per heavy atom. The number of methoxy groups -OCH3 is 1. The standard InChI is InChI=1S/C18H16ClN3O2.ClH/c1-10-4-7-15(14(19)8-10)22-16-12-6-5-11(2)21-17(12)20-9-13(16)18(23)24-3;/h4-9H,1-3H3,(H,20,21,22);1H. The zero-order valence-corrected chi connectivity index (χ0v) is 15.5. The van der Waals surface area contributed by atoms with Gasteiger partial charge in [-0.15, -0.1) is 12.4 Å². The van der Waals surface area contributed by atoms with Crippen molar-refractivity contribution in [3.8, 4) is 0 Å². The van der Waals surface area contributed by atoms with Crippen LogP contribution in [-0.4, -0.2) is 23.0 Å². The molecule has 0 atom stereocenters. The lowest BCUT2D eigenvalue weighted by Gasteiger charge is -2.14. The minimum atomic E-state index is -0.476. The van der Waals surface area contributed by atoms with Gasteiger partial charge in [0.2, 0.25) is 0 Å². The first-order chi connectivity index (χ1) is 11.5. The van der Waals surface area contributed by atoms with Gasteiger partial charge in [0.1, 0.15) is 5.56 Å². The Morgan fingerprint density at radius 1 is 1.20 bits per heavy atom. The fourth-order valence-corrected chi connectivity index (χ4v) is 2.71. The Bertz CT molecular complexity index is 945. The predicted octanol–water partition coefficient (Wildman–Crippen LogP) is 4.85. The number of carbonyl (C=O) groups is 1. The highest BCUT2D eigenvalue weighted by atomic mass is 35.5. The lowest BCUT2D eigenvalue weighted by atomic mass is 10.1. The van der Waals surface area contributed by atoms with E-state index in [1.54, 1.807) is 0 Å². The quantitative estimate of drug-likeness (QED) is 0.660. The third-order valence-corrected chi connectivity index (χ3v) is 3.97. The average Bonchev–Trinajstić information content (AvgIpc) is 2.56. The number of nitrogens with one attached hydrogen (secondary N) is 1. The minimum absolute atomic E-state index is 0. The maximum absolute atomic E-state index is 12.1. The summed E-state index contributed by atoms with van der Waals surface area (Å²) in [4.78, 5) is 20.8. The molecule has 0 spiro atoms. The van der Waals surface area contributed by atoms with Crippen molar-refractivity contribution in [2.75, 3.05) is 12.4 Å². The van der Waals surface area contributed by atoms with Crippen molar-refractivity contribution in [2.45, 2.75) is 13.8 Å². The third kappa shape index (κ3) is 3.83. The lowest BCUT2D eigenvalue weighted by Crippen LogP contribution is -2.08. The van der Waals surface area contributed by atoms with Crippen molar-refractivity contribution in [1.82, 2.24) is 9.97 Å². The summed E-state index contributed by atoms with van der Waals surface area (Å²) in [6.45, 7) is 3.85. The maximum Gasteiger partial charge on any atom is 0.341 e. The van der Waals surface area contributed by atoms with Crippen molar-refractivity contribution in [1.29, 1.82) is 0 Å². The molecule has 5 nitrogen and oxygen atoms in total. The van der Waals surface area contributed by atoms with Gasteiger partial charge in [0.25, 0.3) is 0 Å². The summed E-state index contributed by atoms with van der Waals surface area (Å²) in [7, 11) is 1.34. The van der Waals surface area contributed by atoms with E-state index in [1.165, 1.54) is 13.3 Å². The van der Waals surface area contributed by atoms with Gasteiger partial charge in [0.05, 0.1) is 23.5 Å². The van der Waals surface area contributed by atoms with Crippen molar-refractivity contribution >= 4 is 52.4 Å². The molecule has 7 heteroatoms. The van der Waals surface area contributed by atoms with Gasteiger partial charge < -0.3 is 10.1 Å². The molecule has 0 saturated heterocycles. The number of halogens is 2. The maximum atomic E-state index is 12.1. The smallest absolute Gasteiger partial charge is 0.341 e. The normalized spacial score (nSPS) is 10.2. The number of pyridine rings is 2. The molecule has 25 heavy (non-hydrogen) atoms. The third-order valence-electron chi connectivity index (χ3n) is 3.66. The first-order valence-electron chi connectivity index (χ1n) is 7.37. The fourth-order valence-electron chi connectivity index (χ4n) is 2.43. The molecule has 0 aliphatic heterocycles. The molecule has 0 unspecified atom stereocenters. The van der Waals surface area contributed by atoms with E-state index in [1.807, 2.05) is 44.2 Å². The topological polar surface area (TPSA) is 64.1 Å². The van der Waals surface area contributed by atoms with E-state index in [0.29, 0.717) is 27.6 Å². The van der Waals surface area contributed by atoms with Crippen molar-refractivity contribution in [3.05, 3.63) is 58.4 Å². The number of nitrogens with zero attached hydrogens (tertiary/aromatic N) is 2. The second kappa shape index (κ2) is 7.68. The van der Waals surface area contributed by atoms with E-state index < -0.39 is 5.97 Å². The molecule has 1 aromatic carbocycles. The molecule has 130 valence electrons. The second-order valence-electron chi connectivity index (χ2n) is 5.47. The molecule has 0 saturated carbocycles. The van der Waals surface area contributed by atoms with Crippen LogP contribution in [0.15, 0.2) is 36.5 Å². The van der Waals surface area contributed by atoms with E-state index in [0.717, 1.165) is 16.6 Å². The summed E-state index contributed by atoms with van der Waals surface area (Å²) in [6, 6.07) is 9.41. The second-order valence-corrected chi connectivity index (χ2v) is 5.88. The summed E-state index contributed by atoms with van der Waals surface area (Å²) in [6.07, 6.45) is 1.46. The van der Waals surface area contributed by atoms with Gasteiger partial charge >= 0.3 is 5.97 Å². The zero-order valence-electron chi connectivity index (χ0n) is 14.0. The Kier molecular flexibility index (Phi) is 5.82. The number of ether oxygens (including phenoxy) is 1. The summed E-state index contributed by atoms with van der Waals surface area (Å²) in [5.74, 6) is -0.476. The molecule has 0 fully saturated rings. The number of hydrogen-bond donors (Lipinski definition) is 1. The number of fused-ring (bicyclic) bond motifs is 1. The molecule has 0 aliphatic carbocycles. The monoisotopic (exact) mass is 377 g/mol. The first kappa shape index (κ1) is 19.0. The largest absolute Gasteiger partial charge is 0.465 e. The van der Waals surface area contributed by atoms with Crippen LogP contribution in [0.3, 0.4) is 0 Å². The van der Waals surface area contributed by atoms with Crippen LogP contribution in [0, 0.1) is 13.8 Å². The summed E-state index contributed by atoms with van der Waals surface area (Å²) >= 11 is 6.31. The van der Waals surface area contributed by atoms with Crippen LogP contribution in [-0.2, 0) is 4.74 Å². The van der Waals surface area contributed by atoms with Gasteiger partial charge in [-0.05, 0) is 43.7 Å². The van der Waals surface area contributed by atoms with Gasteiger partial charge in [-0.25, -0.2) is 14.8 Å². The van der Waals surface area contributed by atoms with Crippen molar-refractivity contribution in [2.24, 2.45) is 0 Å². The van der Waals surface area contributed by atoms with Crippen LogP contribution in [0.1, 0.15) is 21.6 Å². The van der Waals surface area contributed by atoms with Crippen LogP contribution in [0.5, 0.6) is 0 Å². The molecular weight excluding hydrogens is 361 g/mol. The van der Waals surface area contributed by atoms with Gasteiger partial charge in [0.15, 0.2) is 5.65 Å². The molecular formula is C18H17Cl2N3O2. The van der Waals surface area contributed by atoms with E-state index in [2.05, 4.69) is 15.3 Å². The van der Waals surface area contributed by atoms with Gasteiger partial charge in [-0.1, -0.05) is 17.7 Å². The molecule has 0 aliphatic rings. The van der Waals surface area contributed by atoms with Crippen molar-refractivity contribution < 1.29 is 9.53 Å². The van der Waals surface area contributed by atoms with Crippen LogP contribution in [0.25, 0.3) is 11.0 Å². The predicted molar refractivity (Wildman–Crippen MR) is 102 cm³/mol. The number of hydrogen-bond acceptors (Lipinski definition) is 5. The van der Waals surface area contributed by atoms with Gasteiger partial charge in [0, 0.05) is 17.3 Å². The highest BCUT2D eigenvalue weighted by molar-refractivity contribution is 6.33. The van der Waals surface area contributed by atoms with E-state index >= 15 is 0 Å². The number of anilines is 2. The van der Waals surface area contributed by atoms with Crippen LogP contribution in [0.4, 0.5) is 11.4 Å². The molecule has 2 aromatic heterocycles. The molecule has 3 rings (SSSR count). The van der Waals surface area contributed by atoms with Crippen LogP contribution < -0.4 is 5.32 Å². The van der Waals surface area contributed by atoms with E-state index in [4.69, 9.17) is 16.3 Å². The van der Waals surface area contributed by atoms with E-state index in [9.17, 15) is 4.79 Å². The molecule has 0 radical (unpaired) electrons. The highest BCUT2D eigenvalue weighted by Gasteiger charge is 2.17. The molecule has 3 aromatic rings. The highest BCUT2D eigenvalue weighted by Crippen LogP contribution is 2.32. The van der Waals surface area contributed by atoms with Crippen LogP contribution >= 0.6 is 24.0 Å². The molecule has 1 N–H and O–H groups in total. The Morgan fingerprint density at radius 2 is 1.96 bits per heavy atom. The number of rotatable bonds is 3. The Hall–Kier alpha value is -2.37. The average molecular weight is 378 g/mol. The number of aryl methyl sites for hydroxylation is 2. The number of benzene rings is 1. The van der Waals surface area contributed by atoms with Gasteiger partial charge in [-0.2, -0.15) is 0 Å². The lowest BCUT2D eigenvalue weighted by molar-refractivity contribution is 0.0601. The fraction of sp³-hybridized carbons (Fsp3) is 0.167. The number of esters is 1. The van der Waals surface area contributed by atoms with Crippen molar-refractivity contribution in [3.63, 3.8) is 0 Å². The van der Waals surface area contributed by atoms with Crippen LogP contribution in [0.2, 0.25) is 5.02 Å². The number of carbonyl (C=O) groups excluding carboxylic acids is 1.